The molecule has 2 N–H and O–H groups in total. The average molecular weight is 390 g/mol. The fourth-order valence-electron chi connectivity index (χ4n) is 2.24. The maximum atomic E-state index is 6.00. The first-order valence-electron chi connectivity index (χ1n) is 6.78. The minimum absolute atomic E-state index is 0.541. The van der Waals surface area contributed by atoms with Crippen LogP contribution < -0.4 is 5.73 Å². The van der Waals surface area contributed by atoms with Crippen LogP contribution in [0.1, 0.15) is 18.3 Å². The first-order chi connectivity index (χ1) is 10.1. The van der Waals surface area contributed by atoms with Crippen molar-refractivity contribution in [3.05, 3.63) is 45.3 Å². The molecule has 0 saturated heterocycles. The van der Waals surface area contributed by atoms with Crippen LogP contribution in [0.15, 0.2) is 30.3 Å². The standard InChI is InChI=1S/C16H15IN4/c1-3-12-14(17)15(18)21-16(20-12)11-6-7-13-10(8-11)5-4-9(2)19-13/h4-8H,3H2,1-2H3,(H2,18,20,21). The first-order valence-corrected chi connectivity index (χ1v) is 7.86. The number of benzene rings is 1. The van der Waals surface area contributed by atoms with Crippen LogP contribution in [0.25, 0.3) is 22.3 Å². The molecule has 0 unspecified atom stereocenters. The van der Waals surface area contributed by atoms with E-state index < -0.39 is 0 Å². The number of rotatable bonds is 2. The molecule has 3 aromatic rings. The van der Waals surface area contributed by atoms with Crippen molar-refractivity contribution >= 4 is 39.3 Å². The molecule has 21 heavy (non-hydrogen) atoms. The Balaban J connectivity index is 2.16. The predicted molar refractivity (Wildman–Crippen MR) is 94.0 cm³/mol. The summed E-state index contributed by atoms with van der Waals surface area (Å²) >= 11 is 2.20. The monoisotopic (exact) mass is 390 g/mol. The number of hydrogen-bond donors (Lipinski definition) is 1. The molecule has 0 bridgehead atoms. The Morgan fingerprint density at radius 3 is 2.67 bits per heavy atom. The second kappa shape index (κ2) is 5.55. The SMILES string of the molecule is CCc1nc(-c2ccc3nc(C)ccc3c2)nc(N)c1I. The lowest BCUT2D eigenvalue weighted by molar-refractivity contribution is 0.994. The molecule has 0 spiro atoms. The van der Waals surface area contributed by atoms with E-state index in [0.717, 1.165) is 37.8 Å². The van der Waals surface area contributed by atoms with Crippen molar-refractivity contribution in [2.24, 2.45) is 0 Å². The van der Waals surface area contributed by atoms with E-state index in [1.54, 1.807) is 0 Å². The molecule has 2 aromatic heterocycles. The topological polar surface area (TPSA) is 64.7 Å². The molecule has 2 heterocycles. The van der Waals surface area contributed by atoms with Crippen LogP contribution in [0.5, 0.6) is 0 Å². The van der Waals surface area contributed by atoms with Crippen LogP contribution in [0.2, 0.25) is 0 Å². The average Bonchev–Trinajstić information content (AvgIpc) is 2.49. The van der Waals surface area contributed by atoms with Crippen LogP contribution in [-0.4, -0.2) is 15.0 Å². The maximum Gasteiger partial charge on any atom is 0.161 e. The van der Waals surface area contributed by atoms with Crippen molar-refractivity contribution in [2.45, 2.75) is 20.3 Å². The van der Waals surface area contributed by atoms with Gasteiger partial charge in [-0.25, -0.2) is 9.97 Å². The lowest BCUT2D eigenvalue weighted by atomic mass is 10.1. The minimum atomic E-state index is 0.541. The molecule has 0 amide bonds. The number of hydrogen-bond acceptors (Lipinski definition) is 4. The van der Waals surface area contributed by atoms with Gasteiger partial charge in [0, 0.05) is 16.6 Å². The Kier molecular flexibility index (Phi) is 3.75. The number of halogens is 1. The highest BCUT2D eigenvalue weighted by atomic mass is 127. The van der Waals surface area contributed by atoms with E-state index in [9.17, 15) is 0 Å². The van der Waals surface area contributed by atoms with Crippen LogP contribution in [0.3, 0.4) is 0 Å². The van der Waals surface area contributed by atoms with Gasteiger partial charge in [-0.15, -0.1) is 0 Å². The maximum absolute atomic E-state index is 6.00. The molecule has 5 heteroatoms. The lowest BCUT2D eigenvalue weighted by Crippen LogP contribution is -2.04. The summed E-state index contributed by atoms with van der Waals surface area (Å²) in [7, 11) is 0. The van der Waals surface area contributed by atoms with Crippen molar-refractivity contribution in [1.29, 1.82) is 0 Å². The Labute approximate surface area is 137 Å². The fraction of sp³-hybridized carbons (Fsp3) is 0.188. The lowest BCUT2D eigenvalue weighted by Gasteiger charge is -2.08. The second-order valence-corrected chi connectivity index (χ2v) is 5.99. The zero-order valence-corrected chi connectivity index (χ0v) is 14.0. The van der Waals surface area contributed by atoms with Crippen LogP contribution in [-0.2, 0) is 6.42 Å². The van der Waals surface area contributed by atoms with Crippen molar-refractivity contribution in [3.8, 4) is 11.4 Å². The molecule has 0 aliphatic rings. The normalized spacial score (nSPS) is 11.0. The molecule has 0 atom stereocenters. The highest BCUT2D eigenvalue weighted by Crippen LogP contribution is 2.25. The molecular weight excluding hydrogens is 375 g/mol. The summed E-state index contributed by atoms with van der Waals surface area (Å²) < 4.78 is 0.942. The van der Waals surface area contributed by atoms with E-state index in [1.807, 2.05) is 25.1 Å². The highest BCUT2D eigenvalue weighted by molar-refractivity contribution is 14.1. The van der Waals surface area contributed by atoms with Gasteiger partial charge in [0.25, 0.3) is 0 Å². The smallest absolute Gasteiger partial charge is 0.161 e. The molecular formula is C16H15IN4. The van der Waals surface area contributed by atoms with E-state index in [-0.39, 0.29) is 0 Å². The van der Waals surface area contributed by atoms with Gasteiger partial charge in [0.1, 0.15) is 5.82 Å². The third kappa shape index (κ3) is 2.70. The van der Waals surface area contributed by atoms with Gasteiger partial charge in [-0.1, -0.05) is 13.0 Å². The zero-order valence-electron chi connectivity index (χ0n) is 11.9. The summed E-state index contributed by atoms with van der Waals surface area (Å²) in [6, 6.07) is 10.1. The van der Waals surface area contributed by atoms with Gasteiger partial charge < -0.3 is 5.73 Å². The Bertz CT molecular complexity index is 830. The zero-order chi connectivity index (χ0) is 15.0. The largest absolute Gasteiger partial charge is 0.383 e. The number of aromatic nitrogens is 3. The molecule has 1 aromatic carbocycles. The minimum Gasteiger partial charge on any atom is -0.383 e. The number of nitrogens with zero attached hydrogens (tertiary/aromatic N) is 3. The van der Waals surface area contributed by atoms with Gasteiger partial charge in [0.05, 0.1) is 14.8 Å². The van der Waals surface area contributed by atoms with Gasteiger partial charge >= 0.3 is 0 Å². The van der Waals surface area contributed by atoms with Crippen LogP contribution >= 0.6 is 22.6 Å². The molecule has 0 fully saturated rings. The third-order valence-electron chi connectivity index (χ3n) is 3.37. The van der Waals surface area contributed by atoms with E-state index in [1.165, 1.54) is 0 Å². The quantitative estimate of drug-likeness (QED) is 0.677. The Hall–Kier alpha value is -1.76. The summed E-state index contributed by atoms with van der Waals surface area (Å²) in [6.07, 6.45) is 0.840. The highest BCUT2D eigenvalue weighted by Gasteiger charge is 2.10. The van der Waals surface area contributed by atoms with Crippen LogP contribution in [0, 0.1) is 10.5 Å². The number of nitrogen functional groups attached to an aromatic ring is 1. The van der Waals surface area contributed by atoms with Crippen LogP contribution in [0.4, 0.5) is 5.82 Å². The fourth-order valence-corrected chi connectivity index (χ4v) is 2.87. The van der Waals surface area contributed by atoms with Crippen molar-refractivity contribution < 1.29 is 0 Å². The second-order valence-electron chi connectivity index (χ2n) is 4.91. The first kappa shape index (κ1) is 14.2. The van der Waals surface area contributed by atoms with Gasteiger partial charge in [-0.2, -0.15) is 0 Å². The van der Waals surface area contributed by atoms with Crippen molar-refractivity contribution in [1.82, 2.24) is 15.0 Å². The van der Waals surface area contributed by atoms with Gasteiger partial charge in [-0.3, -0.25) is 4.98 Å². The molecule has 0 radical (unpaired) electrons. The Morgan fingerprint density at radius 1 is 1.10 bits per heavy atom. The molecule has 0 aliphatic heterocycles. The summed E-state index contributed by atoms with van der Waals surface area (Å²) in [4.78, 5) is 13.6. The molecule has 3 rings (SSSR count). The summed E-state index contributed by atoms with van der Waals surface area (Å²) in [5, 5.41) is 1.08. The van der Waals surface area contributed by atoms with Crippen molar-refractivity contribution in [3.63, 3.8) is 0 Å². The number of pyridine rings is 1. The number of nitrogens with two attached hydrogens (primary N) is 1. The number of anilines is 1. The summed E-state index contributed by atoms with van der Waals surface area (Å²) in [5.74, 6) is 1.21. The number of fused-ring (bicyclic) bond motifs is 1. The van der Waals surface area contributed by atoms with E-state index in [4.69, 9.17) is 5.73 Å². The summed E-state index contributed by atoms with van der Waals surface area (Å²) in [6.45, 7) is 4.06. The Morgan fingerprint density at radius 2 is 1.90 bits per heavy atom. The van der Waals surface area contributed by atoms with Gasteiger partial charge in [0.15, 0.2) is 5.82 Å². The van der Waals surface area contributed by atoms with E-state index >= 15 is 0 Å². The molecule has 0 saturated carbocycles. The van der Waals surface area contributed by atoms with E-state index in [2.05, 4.69) is 56.6 Å². The molecule has 4 nitrogen and oxygen atoms in total. The van der Waals surface area contributed by atoms with Gasteiger partial charge in [-0.05, 0) is 60.2 Å². The predicted octanol–water partition coefficient (Wildman–Crippen LogP) is 3.75. The van der Waals surface area contributed by atoms with E-state index in [0.29, 0.717) is 11.6 Å². The molecule has 106 valence electrons. The van der Waals surface area contributed by atoms with Crippen molar-refractivity contribution in [2.75, 3.05) is 5.73 Å². The summed E-state index contributed by atoms with van der Waals surface area (Å²) in [5.41, 5.74) is 9.94. The van der Waals surface area contributed by atoms with Gasteiger partial charge in [0.2, 0.25) is 0 Å². The molecule has 0 aliphatic carbocycles. The number of aryl methyl sites for hydroxylation is 2. The third-order valence-corrected chi connectivity index (χ3v) is 4.54.